The van der Waals surface area contributed by atoms with Crippen LogP contribution in [0.5, 0.6) is 0 Å². The Kier molecular flexibility index (Phi) is 6.47. The van der Waals surface area contributed by atoms with E-state index in [4.69, 9.17) is 10.5 Å². The summed E-state index contributed by atoms with van der Waals surface area (Å²) in [5.74, 6) is -0.406. The lowest BCUT2D eigenvalue weighted by molar-refractivity contribution is -0.142. The minimum atomic E-state index is -0.660. The van der Waals surface area contributed by atoms with E-state index in [0.29, 0.717) is 12.8 Å². The molecular formula is C27H27N3O2. The fraction of sp³-hybridized carbons (Fsp3) is 0.185. The van der Waals surface area contributed by atoms with Crippen LogP contribution in [-0.2, 0) is 21.5 Å². The van der Waals surface area contributed by atoms with Gasteiger partial charge in [-0.3, -0.25) is 4.79 Å². The molecule has 1 heterocycles. The predicted octanol–water partition coefficient (Wildman–Crippen LogP) is 4.16. The minimum absolute atomic E-state index is 0.406. The van der Waals surface area contributed by atoms with Gasteiger partial charge in [0.1, 0.15) is 11.6 Å². The number of ether oxygens (including phenoxy) is 1. The van der Waals surface area contributed by atoms with Crippen molar-refractivity contribution in [2.24, 2.45) is 5.73 Å². The van der Waals surface area contributed by atoms with Crippen LogP contribution in [0.3, 0.4) is 0 Å². The van der Waals surface area contributed by atoms with Crippen molar-refractivity contribution in [3.05, 3.63) is 126 Å². The maximum absolute atomic E-state index is 11.7. The molecule has 0 aliphatic carbocycles. The number of benzene rings is 3. The highest BCUT2D eigenvalue weighted by Crippen LogP contribution is 2.40. The average molecular weight is 426 g/mol. The Morgan fingerprint density at radius 1 is 0.906 bits per heavy atom. The van der Waals surface area contributed by atoms with Crippen LogP contribution in [-0.4, -0.2) is 28.7 Å². The highest BCUT2D eigenvalue weighted by atomic mass is 16.5. The van der Waals surface area contributed by atoms with Gasteiger partial charge in [-0.05, 0) is 29.5 Å². The predicted molar refractivity (Wildman–Crippen MR) is 125 cm³/mol. The number of carbonyl (C=O) groups is 1. The summed E-state index contributed by atoms with van der Waals surface area (Å²) < 4.78 is 6.90. The van der Waals surface area contributed by atoms with E-state index < -0.39 is 17.6 Å². The first-order valence-corrected chi connectivity index (χ1v) is 10.7. The molecule has 0 amide bonds. The lowest BCUT2D eigenvalue weighted by Gasteiger charge is -2.37. The summed E-state index contributed by atoms with van der Waals surface area (Å²) in [7, 11) is 1.35. The van der Waals surface area contributed by atoms with Crippen LogP contribution in [0.4, 0.5) is 0 Å². The molecule has 0 aliphatic rings. The van der Waals surface area contributed by atoms with Crippen molar-refractivity contribution in [1.29, 1.82) is 0 Å². The normalized spacial score (nSPS) is 12.3. The van der Waals surface area contributed by atoms with Gasteiger partial charge in [-0.25, -0.2) is 4.98 Å². The van der Waals surface area contributed by atoms with E-state index in [-0.39, 0.29) is 0 Å². The number of aryl methyl sites for hydroxylation is 1. The molecule has 162 valence electrons. The number of nitrogens with two attached hydrogens (primary N) is 1. The van der Waals surface area contributed by atoms with Gasteiger partial charge >= 0.3 is 5.97 Å². The van der Waals surface area contributed by atoms with Crippen molar-refractivity contribution in [3.8, 4) is 0 Å². The second-order valence-corrected chi connectivity index (χ2v) is 7.75. The number of aromatic nitrogens is 2. The summed E-state index contributed by atoms with van der Waals surface area (Å²) in [5, 5.41) is 0. The maximum Gasteiger partial charge on any atom is 0.322 e. The van der Waals surface area contributed by atoms with Gasteiger partial charge in [0, 0.05) is 6.20 Å². The SMILES string of the molecule is COC(=O)C(N)CCc1cn(C(c2ccccc2)(c2ccccc2)c2ccccc2)cn1. The molecule has 5 nitrogen and oxygen atoms in total. The van der Waals surface area contributed by atoms with Crippen LogP contribution < -0.4 is 5.73 Å². The number of nitrogens with zero attached hydrogens (tertiary/aromatic N) is 2. The van der Waals surface area contributed by atoms with Crippen molar-refractivity contribution >= 4 is 5.97 Å². The topological polar surface area (TPSA) is 70.1 Å². The molecule has 4 aromatic rings. The third-order valence-electron chi connectivity index (χ3n) is 5.81. The van der Waals surface area contributed by atoms with Crippen LogP contribution in [0, 0.1) is 0 Å². The van der Waals surface area contributed by atoms with Crippen molar-refractivity contribution in [2.75, 3.05) is 7.11 Å². The van der Waals surface area contributed by atoms with Gasteiger partial charge < -0.3 is 15.0 Å². The zero-order valence-corrected chi connectivity index (χ0v) is 18.1. The lowest BCUT2D eigenvalue weighted by Crippen LogP contribution is -2.37. The van der Waals surface area contributed by atoms with Gasteiger partial charge in [0.25, 0.3) is 0 Å². The molecule has 0 saturated heterocycles. The Hall–Kier alpha value is -3.70. The molecule has 1 aromatic heterocycles. The number of imidazole rings is 1. The average Bonchev–Trinajstić information content (AvgIpc) is 3.34. The van der Waals surface area contributed by atoms with Gasteiger partial charge in [0.2, 0.25) is 0 Å². The van der Waals surface area contributed by atoms with Gasteiger partial charge in [-0.15, -0.1) is 0 Å². The van der Waals surface area contributed by atoms with Gasteiger partial charge in [0.15, 0.2) is 0 Å². The van der Waals surface area contributed by atoms with E-state index in [1.54, 1.807) is 0 Å². The third-order valence-corrected chi connectivity index (χ3v) is 5.81. The van der Waals surface area contributed by atoms with E-state index in [2.05, 4.69) is 88.5 Å². The molecule has 3 aromatic carbocycles. The molecule has 5 heteroatoms. The molecule has 1 atom stereocenters. The number of esters is 1. The zero-order chi connectivity index (χ0) is 22.4. The fourth-order valence-corrected chi connectivity index (χ4v) is 4.23. The van der Waals surface area contributed by atoms with Crippen molar-refractivity contribution in [3.63, 3.8) is 0 Å². The molecular weight excluding hydrogens is 398 g/mol. The van der Waals surface area contributed by atoms with Gasteiger partial charge in [-0.1, -0.05) is 91.0 Å². The highest BCUT2D eigenvalue weighted by molar-refractivity contribution is 5.75. The van der Waals surface area contributed by atoms with E-state index in [0.717, 1.165) is 22.4 Å². The summed E-state index contributed by atoms with van der Waals surface area (Å²) in [6.07, 6.45) is 4.97. The number of methoxy groups -OCH3 is 1. The monoisotopic (exact) mass is 425 g/mol. The van der Waals surface area contributed by atoms with Crippen LogP contribution in [0.2, 0.25) is 0 Å². The summed E-state index contributed by atoms with van der Waals surface area (Å²) in [4.78, 5) is 16.4. The number of carbonyl (C=O) groups excluding carboxylic acids is 1. The molecule has 0 radical (unpaired) electrons. The summed E-state index contributed by atoms with van der Waals surface area (Å²) in [6.45, 7) is 0. The molecule has 0 fully saturated rings. The van der Waals surface area contributed by atoms with Crippen LogP contribution in [0.15, 0.2) is 104 Å². The Bertz CT molecular complexity index is 1040. The number of hydrogen-bond acceptors (Lipinski definition) is 4. The minimum Gasteiger partial charge on any atom is -0.468 e. The van der Waals surface area contributed by atoms with Gasteiger partial charge in [0.05, 0.1) is 19.1 Å². The summed E-state index contributed by atoms with van der Waals surface area (Å²) in [6, 6.07) is 30.6. The Balaban J connectivity index is 1.84. The molecule has 4 rings (SSSR count). The van der Waals surface area contributed by atoms with Crippen molar-refractivity contribution in [1.82, 2.24) is 9.55 Å². The number of hydrogen-bond donors (Lipinski definition) is 1. The zero-order valence-electron chi connectivity index (χ0n) is 18.1. The first kappa shape index (κ1) is 21.5. The molecule has 0 bridgehead atoms. The second-order valence-electron chi connectivity index (χ2n) is 7.75. The smallest absolute Gasteiger partial charge is 0.322 e. The van der Waals surface area contributed by atoms with E-state index in [1.165, 1.54) is 7.11 Å². The molecule has 0 saturated carbocycles. The Morgan fingerprint density at radius 3 is 1.81 bits per heavy atom. The Labute approximate surface area is 188 Å². The van der Waals surface area contributed by atoms with Crippen LogP contribution in [0.25, 0.3) is 0 Å². The molecule has 1 unspecified atom stereocenters. The highest BCUT2D eigenvalue weighted by Gasteiger charge is 2.38. The van der Waals surface area contributed by atoms with Crippen LogP contribution >= 0.6 is 0 Å². The standard InChI is InChI=1S/C27H27N3O2/c1-32-26(31)25(28)18-17-24-19-30(20-29-24)27(21-11-5-2-6-12-21,22-13-7-3-8-14-22)23-15-9-4-10-16-23/h2-16,19-20,25H,17-18,28H2,1H3. The van der Waals surface area contributed by atoms with Crippen molar-refractivity contribution in [2.45, 2.75) is 24.4 Å². The quantitative estimate of drug-likeness (QED) is 0.340. The van der Waals surface area contributed by atoms with Crippen molar-refractivity contribution < 1.29 is 9.53 Å². The largest absolute Gasteiger partial charge is 0.468 e. The van der Waals surface area contributed by atoms with Crippen LogP contribution in [0.1, 0.15) is 28.8 Å². The summed E-state index contributed by atoms with van der Waals surface area (Å²) >= 11 is 0. The lowest BCUT2D eigenvalue weighted by atomic mass is 9.77. The first-order chi connectivity index (χ1) is 15.7. The first-order valence-electron chi connectivity index (χ1n) is 10.7. The molecule has 0 aliphatic heterocycles. The molecule has 2 N–H and O–H groups in total. The van der Waals surface area contributed by atoms with E-state index >= 15 is 0 Å². The maximum atomic E-state index is 11.7. The second kappa shape index (κ2) is 9.62. The third kappa shape index (κ3) is 4.07. The summed E-state index contributed by atoms with van der Waals surface area (Å²) in [5.41, 5.74) is 9.60. The van der Waals surface area contributed by atoms with E-state index in [9.17, 15) is 4.79 Å². The fourth-order valence-electron chi connectivity index (χ4n) is 4.23. The molecule has 32 heavy (non-hydrogen) atoms. The Morgan fingerprint density at radius 2 is 1.38 bits per heavy atom. The number of rotatable bonds is 8. The molecule has 0 spiro atoms. The van der Waals surface area contributed by atoms with Gasteiger partial charge in [-0.2, -0.15) is 0 Å². The van der Waals surface area contributed by atoms with E-state index in [1.807, 2.05) is 24.5 Å².